The number of rotatable bonds is 5. The van der Waals surface area contributed by atoms with Gasteiger partial charge >= 0.3 is 0 Å². The summed E-state index contributed by atoms with van der Waals surface area (Å²) in [4.78, 5) is 6.67. The van der Waals surface area contributed by atoms with Crippen LogP contribution in [0, 0.1) is 0 Å². The number of nitrogens with zero attached hydrogens (tertiary/aromatic N) is 2. The average Bonchev–Trinajstić information content (AvgIpc) is 2.73. The zero-order chi connectivity index (χ0) is 13.7. The van der Waals surface area contributed by atoms with Crippen molar-refractivity contribution in [2.75, 3.05) is 24.5 Å². The minimum atomic E-state index is 0.557. The largest absolute Gasteiger partial charge is 0.370 e. The molecule has 19 heavy (non-hydrogen) atoms. The molecule has 3 N–H and O–H groups in total. The van der Waals surface area contributed by atoms with Crippen LogP contribution in [0.15, 0.2) is 29.3 Å². The summed E-state index contributed by atoms with van der Waals surface area (Å²) >= 11 is 0. The highest BCUT2D eigenvalue weighted by Crippen LogP contribution is 2.30. The van der Waals surface area contributed by atoms with Gasteiger partial charge in [0.25, 0.3) is 0 Å². The zero-order valence-electron chi connectivity index (χ0n) is 11.9. The first-order valence-corrected chi connectivity index (χ1v) is 7.10. The van der Waals surface area contributed by atoms with Crippen molar-refractivity contribution in [3.63, 3.8) is 0 Å². The Bertz CT molecular complexity index is 442. The maximum Gasteiger partial charge on any atom is 0.188 e. The molecule has 1 heterocycles. The van der Waals surface area contributed by atoms with Gasteiger partial charge in [-0.2, -0.15) is 0 Å². The van der Waals surface area contributed by atoms with E-state index in [1.165, 1.54) is 11.3 Å². The van der Waals surface area contributed by atoms with Crippen molar-refractivity contribution in [1.29, 1.82) is 0 Å². The number of guanidine groups is 1. The predicted octanol–water partition coefficient (Wildman–Crippen LogP) is 1.75. The topological polar surface area (TPSA) is 53.6 Å². The van der Waals surface area contributed by atoms with Gasteiger partial charge in [-0.1, -0.05) is 25.1 Å². The number of anilines is 1. The molecule has 1 aliphatic heterocycles. The fourth-order valence-corrected chi connectivity index (χ4v) is 2.56. The molecule has 4 nitrogen and oxygen atoms in total. The first-order valence-electron chi connectivity index (χ1n) is 7.10. The van der Waals surface area contributed by atoms with Gasteiger partial charge in [0.15, 0.2) is 5.96 Å². The maximum absolute atomic E-state index is 5.79. The number of nitrogens with one attached hydrogen (secondary N) is 1. The normalized spacial score (nSPS) is 18.5. The summed E-state index contributed by atoms with van der Waals surface area (Å²) in [6.07, 6.45) is 2.16. The first-order chi connectivity index (χ1) is 9.22. The summed E-state index contributed by atoms with van der Waals surface area (Å²) in [6, 6.07) is 9.20. The molecule has 4 heteroatoms. The molecule has 0 spiro atoms. The number of hydrogen-bond acceptors (Lipinski definition) is 2. The lowest BCUT2D eigenvalue weighted by atomic mass is 10.1. The van der Waals surface area contributed by atoms with E-state index in [1.807, 2.05) is 0 Å². The first kappa shape index (κ1) is 13.7. The van der Waals surface area contributed by atoms with E-state index >= 15 is 0 Å². The minimum absolute atomic E-state index is 0.557. The standard InChI is InChI=1S/C15H24N4/c1-3-8-17-15(16)18-9-10-19-12(2)11-13-6-4-5-7-14(13)19/h4-7,12H,3,8-11H2,1-2H3,(H3,16,17,18). The molecule has 1 aromatic rings. The number of para-hydroxylation sites is 1. The van der Waals surface area contributed by atoms with Crippen molar-refractivity contribution in [1.82, 2.24) is 5.32 Å². The van der Waals surface area contributed by atoms with E-state index in [4.69, 9.17) is 5.73 Å². The summed E-state index contributed by atoms with van der Waals surface area (Å²) in [5.41, 5.74) is 8.60. The third kappa shape index (κ3) is 3.40. The van der Waals surface area contributed by atoms with E-state index in [-0.39, 0.29) is 0 Å². The van der Waals surface area contributed by atoms with Crippen molar-refractivity contribution in [2.24, 2.45) is 10.7 Å². The highest BCUT2D eigenvalue weighted by molar-refractivity contribution is 5.77. The van der Waals surface area contributed by atoms with Gasteiger partial charge in [0.2, 0.25) is 0 Å². The minimum Gasteiger partial charge on any atom is -0.370 e. The zero-order valence-corrected chi connectivity index (χ0v) is 11.9. The Hall–Kier alpha value is -1.71. The van der Waals surface area contributed by atoms with Gasteiger partial charge in [-0.25, -0.2) is 0 Å². The lowest BCUT2D eigenvalue weighted by molar-refractivity contribution is 0.660. The smallest absolute Gasteiger partial charge is 0.188 e. The molecule has 0 bridgehead atoms. The highest BCUT2D eigenvalue weighted by atomic mass is 15.2. The third-order valence-corrected chi connectivity index (χ3v) is 3.51. The van der Waals surface area contributed by atoms with Gasteiger partial charge in [-0.05, 0) is 31.4 Å². The average molecular weight is 260 g/mol. The van der Waals surface area contributed by atoms with Crippen LogP contribution >= 0.6 is 0 Å². The molecule has 0 saturated heterocycles. The second-order valence-electron chi connectivity index (χ2n) is 5.07. The summed E-state index contributed by atoms with van der Waals surface area (Å²) < 4.78 is 0. The molecular formula is C15H24N4. The van der Waals surface area contributed by atoms with Crippen LogP contribution in [0.4, 0.5) is 5.69 Å². The number of aliphatic imine (C=N–C) groups is 1. The summed E-state index contributed by atoms with van der Waals surface area (Å²) in [7, 11) is 0. The molecule has 1 aromatic carbocycles. The summed E-state index contributed by atoms with van der Waals surface area (Å²) in [5, 5.41) is 3.18. The SMILES string of the molecule is CCCN=C(N)NCCN1c2ccccc2CC1C. The Morgan fingerprint density at radius 1 is 1.47 bits per heavy atom. The van der Waals surface area contributed by atoms with Gasteiger partial charge in [0.05, 0.1) is 0 Å². The highest BCUT2D eigenvalue weighted by Gasteiger charge is 2.24. The number of fused-ring (bicyclic) bond motifs is 1. The maximum atomic E-state index is 5.79. The molecule has 0 fully saturated rings. The monoisotopic (exact) mass is 260 g/mol. The molecular weight excluding hydrogens is 236 g/mol. The molecule has 0 amide bonds. The third-order valence-electron chi connectivity index (χ3n) is 3.51. The molecule has 2 rings (SSSR count). The van der Waals surface area contributed by atoms with E-state index in [1.54, 1.807) is 0 Å². The second kappa shape index (κ2) is 6.45. The van der Waals surface area contributed by atoms with Crippen LogP contribution in [-0.4, -0.2) is 31.6 Å². The van der Waals surface area contributed by atoms with E-state index in [0.717, 1.165) is 32.5 Å². The van der Waals surface area contributed by atoms with Gasteiger partial charge in [0.1, 0.15) is 0 Å². The van der Waals surface area contributed by atoms with Gasteiger partial charge in [-0.3, -0.25) is 4.99 Å². The lowest BCUT2D eigenvalue weighted by Gasteiger charge is -2.25. The quantitative estimate of drug-likeness (QED) is 0.626. The molecule has 0 radical (unpaired) electrons. The molecule has 1 aliphatic rings. The second-order valence-corrected chi connectivity index (χ2v) is 5.07. The molecule has 0 aliphatic carbocycles. The van der Waals surface area contributed by atoms with Crippen LogP contribution in [0.3, 0.4) is 0 Å². The molecule has 104 valence electrons. The Balaban J connectivity index is 1.87. The summed E-state index contributed by atoms with van der Waals surface area (Å²) in [6.45, 7) is 6.95. The van der Waals surface area contributed by atoms with Crippen molar-refractivity contribution in [2.45, 2.75) is 32.7 Å². The number of nitrogens with two attached hydrogens (primary N) is 1. The summed E-state index contributed by atoms with van der Waals surface area (Å²) in [5.74, 6) is 0.557. The van der Waals surface area contributed by atoms with Crippen LogP contribution < -0.4 is 16.0 Å². The van der Waals surface area contributed by atoms with E-state index in [0.29, 0.717) is 12.0 Å². The van der Waals surface area contributed by atoms with Crippen molar-refractivity contribution >= 4 is 11.6 Å². The molecule has 1 unspecified atom stereocenters. The molecule has 0 aromatic heterocycles. The van der Waals surface area contributed by atoms with Gasteiger partial charge in [0, 0.05) is 31.4 Å². The fourth-order valence-electron chi connectivity index (χ4n) is 2.56. The number of benzene rings is 1. The predicted molar refractivity (Wildman–Crippen MR) is 81.7 cm³/mol. The van der Waals surface area contributed by atoms with Crippen molar-refractivity contribution in [3.8, 4) is 0 Å². The number of hydrogen-bond donors (Lipinski definition) is 2. The Kier molecular flexibility index (Phi) is 4.66. The van der Waals surface area contributed by atoms with Crippen molar-refractivity contribution in [3.05, 3.63) is 29.8 Å². The van der Waals surface area contributed by atoms with Crippen LogP contribution in [0.2, 0.25) is 0 Å². The van der Waals surface area contributed by atoms with Crippen molar-refractivity contribution < 1.29 is 0 Å². The lowest BCUT2D eigenvalue weighted by Crippen LogP contribution is -2.40. The van der Waals surface area contributed by atoms with E-state index in [2.05, 4.69) is 53.3 Å². The van der Waals surface area contributed by atoms with Crippen LogP contribution in [0.1, 0.15) is 25.8 Å². The fraction of sp³-hybridized carbons (Fsp3) is 0.533. The Morgan fingerprint density at radius 3 is 3.05 bits per heavy atom. The van der Waals surface area contributed by atoms with E-state index in [9.17, 15) is 0 Å². The Morgan fingerprint density at radius 2 is 2.26 bits per heavy atom. The van der Waals surface area contributed by atoms with Crippen LogP contribution in [-0.2, 0) is 6.42 Å². The molecule has 1 atom stereocenters. The molecule has 0 saturated carbocycles. The van der Waals surface area contributed by atoms with E-state index < -0.39 is 0 Å². The Labute approximate surface area is 115 Å². The van der Waals surface area contributed by atoms with Gasteiger partial charge in [-0.15, -0.1) is 0 Å². The van der Waals surface area contributed by atoms with Gasteiger partial charge < -0.3 is 16.0 Å². The van der Waals surface area contributed by atoms with Crippen LogP contribution in [0.5, 0.6) is 0 Å². The van der Waals surface area contributed by atoms with Crippen LogP contribution in [0.25, 0.3) is 0 Å².